The Morgan fingerprint density at radius 3 is 2.95 bits per heavy atom. The van der Waals surface area contributed by atoms with Gasteiger partial charge in [-0.2, -0.15) is 0 Å². The van der Waals surface area contributed by atoms with Gasteiger partial charge in [0.25, 0.3) is 0 Å². The SMILES string of the molecule is CCC1CCCC(Nc2nc(C)ccc2C(N)=S)C1. The van der Waals surface area contributed by atoms with Gasteiger partial charge in [-0.3, -0.25) is 0 Å². The number of nitrogens with one attached hydrogen (secondary N) is 1. The lowest BCUT2D eigenvalue weighted by Crippen LogP contribution is -2.29. The zero-order chi connectivity index (χ0) is 13.8. The molecule has 1 fully saturated rings. The van der Waals surface area contributed by atoms with Gasteiger partial charge in [0.1, 0.15) is 10.8 Å². The van der Waals surface area contributed by atoms with Crippen molar-refractivity contribution in [3.63, 3.8) is 0 Å². The third-order valence-corrected chi connectivity index (χ3v) is 4.22. The molecule has 19 heavy (non-hydrogen) atoms. The number of nitrogens with two attached hydrogens (primary N) is 1. The molecule has 3 nitrogen and oxygen atoms in total. The van der Waals surface area contributed by atoms with Crippen molar-refractivity contribution in [1.82, 2.24) is 4.98 Å². The molecule has 2 atom stereocenters. The minimum absolute atomic E-state index is 0.415. The van der Waals surface area contributed by atoms with Crippen molar-refractivity contribution in [2.24, 2.45) is 11.7 Å². The zero-order valence-corrected chi connectivity index (χ0v) is 12.6. The van der Waals surface area contributed by atoms with Crippen LogP contribution in [0.25, 0.3) is 0 Å². The van der Waals surface area contributed by atoms with Gasteiger partial charge >= 0.3 is 0 Å². The molecule has 0 saturated heterocycles. The Bertz CT molecular complexity index is 459. The Hall–Kier alpha value is -1.16. The Morgan fingerprint density at radius 1 is 1.47 bits per heavy atom. The van der Waals surface area contributed by atoms with E-state index in [1.165, 1.54) is 32.1 Å². The highest BCUT2D eigenvalue weighted by Crippen LogP contribution is 2.29. The second kappa shape index (κ2) is 6.33. The quantitative estimate of drug-likeness (QED) is 0.828. The molecule has 1 saturated carbocycles. The predicted octanol–water partition coefficient (Wildman–Crippen LogP) is 3.40. The predicted molar refractivity (Wildman–Crippen MR) is 84.5 cm³/mol. The van der Waals surface area contributed by atoms with Crippen molar-refractivity contribution in [3.05, 3.63) is 23.4 Å². The number of aryl methyl sites for hydroxylation is 1. The first kappa shape index (κ1) is 14.3. The van der Waals surface area contributed by atoms with Crippen LogP contribution < -0.4 is 11.1 Å². The summed E-state index contributed by atoms with van der Waals surface area (Å²) >= 11 is 5.10. The van der Waals surface area contributed by atoms with Crippen LogP contribution in [0.3, 0.4) is 0 Å². The van der Waals surface area contributed by atoms with Crippen LogP contribution in [0.15, 0.2) is 12.1 Å². The summed E-state index contributed by atoms with van der Waals surface area (Å²) in [5.41, 5.74) is 7.63. The van der Waals surface area contributed by atoms with E-state index in [0.29, 0.717) is 11.0 Å². The highest BCUT2D eigenvalue weighted by Gasteiger charge is 2.22. The van der Waals surface area contributed by atoms with Gasteiger partial charge in [0.15, 0.2) is 0 Å². The lowest BCUT2D eigenvalue weighted by molar-refractivity contribution is 0.327. The van der Waals surface area contributed by atoms with E-state index in [0.717, 1.165) is 23.0 Å². The van der Waals surface area contributed by atoms with E-state index in [4.69, 9.17) is 18.0 Å². The molecule has 0 aliphatic heterocycles. The lowest BCUT2D eigenvalue weighted by Gasteiger charge is -2.30. The monoisotopic (exact) mass is 277 g/mol. The molecular formula is C15H23N3S. The minimum Gasteiger partial charge on any atom is -0.389 e. The average Bonchev–Trinajstić information content (AvgIpc) is 2.38. The molecule has 0 bridgehead atoms. The Kier molecular flexibility index (Phi) is 4.75. The molecule has 2 unspecified atom stereocenters. The largest absolute Gasteiger partial charge is 0.389 e. The van der Waals surface area contributed by atoms with Crippen LogP contribution in [0, 0.1) is 12.8 Å². The Morgan fingerprint density at radius 2 is 2.26 bits per heavy atom. The van der Waals surface area contributed by atoms with Gasteiger partial charge in [0.05, 0.1) is 5.56 Å². The summed E-state index contributed by atoms with van der Waals surface area (Å²) in [7, 11) is 0. The fourth-order valence-electron chi connectivity index (χ4n) is 2.85. The number of rotatable bonds is 4. The first-order valence-electron chi connectivity index (χ1n) is 7.14. The molecule has 3 N–H and O–H groups in total. The van der Waals surface area contributed by atoms with E-state index < -0.39 is 0 Å². The van der Waals surface area contributed by atoms with Crippen molar-refractivity contribution in [2.75, 3.05) is 5.32 Å². The standard InChI is InChI=1S/C15H23N3S/c1-3-11-5-4-6-12(9-11)18-15-13(14(16)19)8-7-10(2)17-15/h7-8,11-12H,3-6,9H2,1-2H3,(H2,16,19)(H,17,18). The highest BCUT2D eigenvalue weighted by atomic mass is 32.1. The number of anilines is 1. The maximum absolute atomic E-state index is 5.77. The van der Waals surface area contributed by atoms with Crippen LogP contribution in [-0.4, -0.2) is 16.0 Å². The van der Waals surface area contributed by atoms with Crippen molar-refractivity contribution >= 4 is 23.0 Å². The van der Waals surface area contributed by atoms with Crippen molar-refractivity contribution in [3.8, 4) is 0 Å². The van der Waals surface area contributed by atoms with Crippen molar-refractivity contribution < 1.29 is 0 Å². The van der Waals surface area contributed by atoms with E-state index in [1.54, 1.807) is 0 Å². The molecule has 104 valence electrons. The summed E-state index contributed by atoms with van der Waals surface area (Å²) in [6, 6.07) is 4.42. The van der Waals surface area contributed by atoms with Gasteiger partial charge in [-0.15, -0.1) is 0 Å². The van der Waals surface area contributed by atoms with E-state index >= 15 is 0 Å². The molecule has 1 aliphatic rings. The third kappa shape index (κ3) is 3.66. The number of hydrogen-bond donors (Lipinski definition) is 2. The van der Waals surface area contributed by atoms with Gasteiger partial charge < -0.3 is 11.1 Å². The smallest absolute Gasteiger partial charge is 0.136 e. The first-order valence-corrected chi connectivity index (χ1v) is 7.55. The molecule has 1 aromatic rings. The summed E-state index contributed by atoms with van der Waals surface area (Å²) < 4.78 is 0. The van der Waals surface area contributed by atoms with Crippen LogP contribution in [0.2, 0.25) is 0 Å². The topological polar surface area (TPSA) is 50.9 Å². The lowest BCUT2D eigenvalue weighted by atomic mass is 9.84. The van der Waals surface area contributed by atoms with E-state index in [2.05, 4.69) is 17.2 Å². The van der Waals surface area contributed by atoms with Gasteiger partial charge in [0.2, 0.25) is 0 Å². The molecule has 0 aromatic carbocycles. The van der Waals surface area contributed by atoms with Crippen LogP contribution >= 0.6 is 12.2 Å². The maximum atomic E-state index is 5.77. The number of nitrogens with zero attached hydrogens (tertiary/aromatic N) is 1. The number of hydrogen-bond acceptors (Lipinski definition) is 3. The molecule has 1 heterocycles. The molecule has 1 aromatic heterocycles. The van der Waals surface area contributed by atoms with Crippen molar-refractivity contribution in [2.45, 2.75) is 52.0 Å². The fraction of sp³-hybridized carbons (Fsp3) is 0.600. The van der Waals surface area contributed by atoms with E-state index in [1.807, 2.05) is 19.1 Å². The molecule has 2 rings (SSSR count). The average molecular weight is 277 g/mol. The summed E-state index contributed by atoms with van der Waals surface area (Å²) in [5, 5.41) is 3.56. The van der Waals surface area contributed by atoms with Gasteiger partial charge in [-0.05, 0) is 37.8 Å². The summed E-state index contributed by atoms with van der Waals surface area (Å²) in [5.74, 6) is 1.69. The fourth-order valence-corrected chi connectivity index (χ4v) is 3.02. The van der Waals surface area contributed by atoms with E-state index in [-0.39, 0.29) is 0 Å². The van der Waals surface area contributed by atoms with Crippen LogP contribution in [-0.2, 0) is 0 Å². The summed E-state index contributed by atoms with van der Waals surface area (Å²) in [6.07, 6.45) is 6.36. The minimum atomic E-state index is 0.415. The molecule has 0 spiro atoms. The van der Waals surface area contributed by atoms with Crippen LogP contribution in [0.5, 0.6) is 0 Å². The number of pyridine rings is 1. The first-order chi connectivity index (χ1) is 9.10. The van der Waals surface area contributed by atoms with E-state index in [9.17, 15) is 0 Å². The molecule has 0 amide bonds. The second-order valence-corrected chi connectivity index (χ2v) is 5.94. The van der Waals surface area contributed by atoms with Gasteiger partial charge in [-0.1, -0.05) is 38.4 Å². The third-order valence-electron chi connectivity index (χ3n) is 4.00. The Balaban J connectivity index is 2.13. The summed E-state index contributed by atoms with van der Waals surface area (Å²) in [4.78, 5) is 4.98. The highest BCUT2D eigenvalue weighted by molar-refractivity contribution is 7.80. The maximum Gasteiger partial charge on any atom is 0.136 e. The van der Waals surface area contributed by atoms with Crippen LogP contribution in [0.1, 0.15) is 50.3 Å². The Labute approximate surface area is 121 Å². The van der Waals surface area contributed by atoms with Crippen molar-refractivity contribution in [1.29, 1.82) is 0 Å². The molecule has 0 radical (unpaired) electrons. The second-order valence-electron chi connectivity index (χ2n) is 5.50. The van der Waals surface area contributed by atoms with Gasteiger partial charge in [-0.25, -0.2) is 4.98 Å². The molecular weight excluding hydrogens is 254 g/mol. The summed E-state index contributed by atoms with van der Waals surface area (Å²) in [6.45, 7) is 4.27. The molecule has 4 heteroatoms. The van der Waals surface area contributed by atoms with Crippen LogP contribution in [0.4, 0.5) is 5.82 Å². The number of aromatic nitrogens is 1. The number of thiocarbonyl (C=S) groups is 1. The van der Waals surface area contributed by atoms with Gasteiger partial charge in [0, 0.05) is 11.7 Å². The molecule has 1 aliphatic carbocycles. The zero-order valence-electron chi connectivity index (χ0n) is 11.8. The normalized spacial score (nSPS) is 23.1.